The van der Waals surface area contributed by atoms with Crippen molar-refractivity contribution in [3.05, 3.63) is 30.2 Å². The number of nitrogens with one attached hydrogen (secondary N) is 1. The fourth-order valence-electron chi connectivity index (χ4n) is 1.64. The van der Waals surface area contributed by atoms with Gasteiger partial charge in [-0.1, -0.05) is 13.8 Å². The van der Waals surface area contributed by atoms with Crippen LogP contribution >= 0.6 is 0 Å². The second-order valence-electron chi connectivity index (χ2n) is 3.86. The molecular formula is C12H16FN5. The van der Waals surface area contributed by atoms with Crippen molar-refractivity contribution in [1.82, 2.24) is 19.5 Å². The molecule has 0 bridgehead atoms. The molecule has 96 valence electrons. The summed E-state index contributed by atoms with van der Waals surface area (Å²) >= 11 is 0. The Kier molecular flexibility index (Phi) is 3.86. The second-order valence-corrected chi connectivity index (χ2v) is 3.86. The van der Waals surface area contributed by atoms with Gasteiger partial charge in [-0.15, -0.1) is 0 Å². The highest BCUT2D eigenvalue weighted by Crippen LogP contribution is 2.14. The molecule has 0 saturated carbocycles. The van der Waals surface area contributed by atoms with Crippen molar-refractivity contribution in [1.29, 1.82) is 0 Å². The SMILES string of the molecule is CCCNc1ncc(F)c(-n2ccnc2CC)n1. The van der Waals surface area contributed by atoms with Crippen LogP contribution in [0.4, 0.5) is 10.3 Å². The lowest BCUT2D eigenvalue weighted by Gasteiger charge is -2.09. The van der Waals surface area contributed by atoms with Crippen molar-refractivity contribution in [2.24, 2.45) is 0 Å². The van der Waals surface area contributed by atoms with Crippen LogP contribution in [0.1, 0.15) is 26.1 Å². The summed E-state index contributed by atoms with van der Waals surface area (Å²) in [5, 5.41) is 3.04. The van der Waals surface area contributed by atoms with Gasteiger partial charge in [0, 0.05) is 25.4 Å². The summed E-state index contributed by atoms with van der Waals surface area (Å²) in [5.41, 5.74) is 0. The molecule has 0 saturated heterocycles. The minimum Gasteiger partial charge on any atom is -0.354 e. The molecule has 2 rings (SSSR count). The molecule has 0 unspecified atom stereocenters. The lowest BCUT2D eigenvalue weighted by Crippen LogP contribution is -2.10. The van der Waals surface area contributed by atoms with Crippen molar-refractivity contribution in [3.8, 4) is 5.82 Å². The standard InChI is InChI=1S/C12H16FN5/c1-3-5-15-12-16-8-9(13)11(17-12)18-7-6-14-10(18)4-2/h6-8H,3-5H2,1-2H3,(H,15,16,17). The van der Waals surface area contributed by atoms with Crippen molar-refractivity contribution >= 4 is 5.95 Å². The van der Waals surface area contributed by atoms with Crippen molar-refractivity contribution in [2.45, 2.75) is 26.7 Å². The van der Waals surface area contributed by atoms with E-state index < -0.39 is 5.82 Å². The van der Waals surface area contributed by atoms with E-state index in [4.69, 9.17) is 0 Å². The normalized spacial score (nSPS) is 10.6. The molecule has 0 aliphatic rings. The van der Waals surface area contributed by atoms with E-state index in [9.17, 15) is 4.39 Å². The third-order valence-electron chi connectivity index (χ3n) is 2.52. The zero-order valence-electron chi connectivity index (χ0n) is 10.5. The summed E-state index contributed by atoms with van der Waals surface area (Å²) in [4.78, 5) is 12.3. The Hall–Kier alpha value is -1.98. The van der Waals surface area contributed by atoms with E-state index in [-0.39, 0.29) is 5.82 Å². The topological polar surface area (TPSA) is 55.6 Å². The number of anilines is 1. The number of aromatic nitrogens is 4. The predicted molar refractivity (Wildman–Crippen MR) is 67.3 cm³/mol. The molecule has 5 nitrogen and oxygen atoms in total. The molecule has 2 heterocycles. The van der Waals surface area contributed by atoms with Gasteiger partial charge in [-0.2, -0.15) is 4.98 Å². The van der Waals surface area contributed by atoms with E-state index in [1.54, 1.807) is 17.0 Å². The number of rotatable bonds is 5. The maximum absolute atomic E-state index is 13.8. The molecular weight excluding hydrogens is 233 g/mol. The van der Waals surface area contributed by atoms with Crippen LogP contribution in [-0.2, 0) is 6.42 Å². The largest absolute Gasteiger partial charge is 0.354 e. The van der Waals surface area contributed by atoms with Gasteiger partial charge in [0.1, 0.15) is 5.82 Å². The Morgan fingerprint density at radius 2 is 2.17 bits per heavy atom. The van der Waals surface area contributed by atoms with Crippen LogP contribution in [0, 0.1) is 5.82 Å². The zero-order valence-corrected chi connectivity index (χ0v) is 10.5. The van der Waals surface area contributed by atoms with E-state index in [0.29, 0.717) is 12.4 Å². The fraction of sp³-hybridized carbons (Fsp3) is 0.417. The highest BCUT2D eigenvalue weighted by molar-refractivity contribution is 5.34. The highest BCUT2D eigenvalue weighted by atomic mass is 19.1. The van der Waals surface area contributed by atoms with Gasteiger partial charge in [-0.3, -0.25) is 4.57 Å². The number of imidazole rings is 1. The van der Waals surface area contributed by atoms with Crippen molar-refractivity contribution < 1.29 is 4.39 Å². The smallest absolute Gasteiger partial charge is 0.224 e. The first kappa shape index (κ1) is 12.5. The minimum absolute atomic E-state index is 0.234. The van der Waals surface area contributed by atoms with Crippen LogP contribution in [0.2, 0.25) is 0 Å². The maximum Gasteiger partial charge on any atom is 0.224 e. The zero-order chi connectivity index (χ0) is 13.0. The third-order valence-corrected chi connectivity index (χ3v) is 2.52. The average molecular weight is 249 g/mol. The summed E-state index contributed by atoms with van der Waals surface area (Å²) < 4.78 is 15.4. The first-order chi connectivity index (χ1) is 8.76. The molecule has 0 spiro atoms. The van der Waals surface area contributed by atoms with E-state index in [2.05, 4.69) is 20.3 Å². The van der Waals surface area contributed by atoms with Gasteiger partial charge >= 0.3 is 0 Å². The molecule has 0 atom stereocenters. The number of hydrogen-bond donors (Lipinski definition) is 1. The van der Waals surface area contributed by atoms with Crippen LogP contribution in [0.5, 0.6) is 0 Å². The molecule has 0 aliphatic heterocycles. The summed E-state index contributed by atoms with van der Waals surface area (Å²) in [6.07, 6.45) is 6.20. The second kappa shape index (κ2) is 5.57. The average Bonchev–Trinajstić information content (AvgIpc) is 2.86. The quantitative estimate of drug-likeness (QED) is 0.882. The van der Waals surface area contributed by atoms with Gasteiger partial charge in [0.2, 0.25) is 5.95 Å². The van der Waals surface area contributed by atoms with Gasteiger partial charge in [0.05, 0.1) is 6.20 Å². The van der Waals surface area contributed by atoms with Gasteiger partial charge in [0.15, 0.2) is 11.6 Å². The van der Waals surface area contributed by atoms with Gasteiger partial charge in [-0.05, 0) is 6.42 Å². The lowest BCUT2D eigenvalue weighted by atomic mass is 10.4. The van der Waals surface area contributed by atoms with Gasteiger partial charge in [0.25, 0.3) is 0 Å². The molecule has 2 aromatic rings. The van der Waals surface area contributed by atoms with Crippen LogP contribution in [-0.4, -0.2) is 26.1 Å². The van der Waals surface area contributed by atoms with Crippen LogP contribution in [0.3, 0.4) is 0 Å². The van der Waals surface area contributed by atoms with Gasteiger partial charge < -0.3 is 5.32 Å². The molecule has 6 heteroatoms. The molecule has 2 aromatic heterocycles. The van der Waals surface area contributed by atoms with Crippen LogP contribution in [0.25, 0.3) is 5.82 Å². The van der Waals surface area contributed by atoms with E-state index >= 15 is 0 Å². The Labute approximate surface area is 105 Å². The van der Waals surface area contributed by atoms with E-state index in [1.165, 1.54) is 6.20 Å². The summed E-state index contributed by atoms with van der Waals surface area (Å²) in [7, 11) is 0. The number of hydrogen-bond acceptors (Lipinski definition) is 4. The predicted octanol–water partition coefficient (Wildman–Crippen LogP) is 2.19. The van der Waals surface area contributed by atoms with Crippen LogP contribution in [0.15, 0.2) is 18.6 Å². The monoisotopic (exact) mass is 249 g/mol. The van der Waals surface area contributed by atoms with Crippen LogP contribution < -0.4 is 5.32 Å². The van der Waals surface area contributed by atoms with Crippen molar-refractivity contribution in [3.63, 3.8) is 0 Å². The molecule has 1 N–H and O–H groups in total. The summed E-state index contributed by atoms with van der Waals surface area (Å²) in [6.45, 7) is 4.77. The van der Waals surface area contributed by atoms with Gasteiger partial charge in [-0.25, -0.2) is 14.4 Å². The maximum atomic E-state index is 13.8. The van der Waals surface area contributed by atoms with E-state index in [0.717, 1.165) is 18.8 Å². The van der Waals surface area contributed by atoms with Crippen molar-refractivity contribution in [2.75, 3.05) is 11.9 Å². The first-order valence-corrected chi connectivity index (χ1v) is 6.05. The van der Waals surface area contributed by atoms with E-state index in [1.807, 2.05) is 13.8 Å². The third kappa shape index (κ3) is 2.47. The Morgan fingerprint density at radius 1 is 1.33 bits per heavy atom. The molecule has 0 radical (unpaired) electrons. The lowest BCUT2D eigenvalue weighted by molar-refractivity contribution is 0.598. The molecule has 0 fully saturated rings. The number of halogens is 1. The Balaban J connectivity index is 2.37. The molecule has 0 amide bonds. The summed E-state index contributed by atoms with van der Waals surface area (Å²) in [6, 6.07) is 0. The number of aryl methyl sites for hydroxylation is 1. The molecule has 18 heavy (non-hydrogen) atoms. The molecule has 0 aromatic carbocycles. The Morgan fingerprint density at radius 3 is 2.89 bits per heavy atom. The Bertz CT molecular complexity index is 523. The first-order valence-electron chi connectivity index (χ1n) is 6.05. The summed E-state index contributed by atoms with van der Waals surface area (Å²) in [5.74, 6) is 0.987. The fourth-order valence-corrected chi connectivity index (χ4v) is 1.64. The number of nitrogens with zero attached hydrogens (tertiary/aromatic N) is 4. The minimum atomic E-state index is -0.454. The molecule has 0 aliphatic carbocycles. The highest BCUT2D eigenvalue weighted by Gasteiger charge is 2.11.